The molecule has 3 aromatic rings. The number of halogens is 1. The zero-order valence-corrected chi connectivity index (χ0v) is 18.0. The van der Waals surface area contributed by atoms with Gasteiger partial charge in [-0.2, -0.15) is 5.11 Å². The molecule has 2 heterocycles. The molecule has 33 heavy (non-hydrogen) atoms. The number of rotatable bonds is 5. The van der Waals surface area contributed by atoms with Gasteiger partial charge in [-0.1, -0.05) is 53.2 Å². The fourth-order valence-electron chi connectivity index (χ4n) is 4.00. The van der Waals surface area contributed by atoms with Crippen molar-refractivity contribution in [2.24, 2.45) is 10.3 Å². The van der Waals surface area contributed by atoms with E-state index in [0.717, 1.165) is 4.90 Å². The van der Waals surface area contributed by atoms with Crippen LogP contribution in [0.2, 0.25) is 5.02 Å². The van der Waals surface area contributed by atoms with Crippen LogP contribution < -0.4 is 9.80 Å². The van der Waals surface area contributed by atoms with Gasteiger partial charge in [0.1, 0.15) is 6.54 Å². The molecular weight excluding hydrogens is 442 g/mol. The Morgan fingerprint density at radius 1 is 0.848 bits per heavy atom. The first-order valence-electron chi connectivity index (χ1n) is 10.3. The second-order valence-corrected chi connectivity index (χ2v) is 8.02. The van der Waals surface area contributed by atoms with E-state index in [4.69, 9.17) is 11.6 Å². The lowest BCUT2D eigenvalue weighted by Gasteiger charge is -2.26. The van der Waals surface area contributed by atoms with Gasteiger partial charge in [-0.05, 0) is 48.5 Å². The third-order valence-electron chi connectivity index (χ3n) is 5.52. The van der Waals surface area contributed by atoms with E-state index in [-0.39, 0.29) is 12.5 Å². The Kier molecular flexibility index (Phi) is 5.35. The Bertz CT molecular complexity index is 1190. The minimum atomic E-state index is -0.983. The zero-order valence-electron chi connectivity index (χ0n) is 17.3. The normalized spacial score (nSPS) is 19.2. The lowest BCUT2D eigenvalue weighted by Crippen LogP contribution is -2.44. The van der Waals surface area contributed by atoms with Crippen LogP contribution in [0.15, 0.2) is 95.3 Å². The third kappa shape index (κ3) is 3.74. The number of benzene rings is 3. The molecule has 2 aliphatic rings. The van der Waals surface area contributed by atoms with Gasteiger partial charge in [0.25, 0.3) is 17.7 Å². The molecule has 0 N–H and O–H groups in total. The summed E-state index contributed by atoms with van der Waals surface area (Å²) >= 11 is 5.93. The maximum absolute atomic E-state index is 13.4. The molecule has 0 unspecified atom stereocenters. The molecule has 9 heteroatoms. The third-order valence-corrected chi connectivity index (χ3v) is 5.77. The highest BCUT2D eigenvalue weighted by molar-refractivity contribution is 6.31. The topological polar surface area (TPSA) is 85.6 Å². The number of carbonyl (C=O) groups excluding carboxylic acids is 3. The predicted octanol–water partition coefficient (Wildman–Crippen LogP) is 4.00. The van der Waals surface area contributed by atoms with Gasteiger partial charge < -0.3 is 0 Å². The van der Waals surface area contributed by atoms with Crippen molar-refractivity contribution in [3.63, 3.8) is 0 Å². The molecular formula is C24H18ClN5O3. The van der Waals surface area contributed by atoms with Gasteiger partial charge in [0.15, 0.2) is 12.1 Å². The Balaban J connectivity index is 1.41. The summed E-state index contributed by atoms with van der Waals surface area (Å²) in [6, 6.07) is 22.8. The Hall–Kier alpha value is -4.04. The predicted molar refractivity (Wildman–Crippen MR) is 123 cm³/mol. The van der Waals surface area contributed by atoms with E-state index in [1.165, 1.54) is 5.01 Å². The van der Waals surface area contributed by atoms with Gasteiger partial charge in [-0.15, -0.1) is 0 Å². The van der Waals surface area contributed by atoms with Crippen LogP contribution in [0.1, 0.15) is 0 Å². The van der Waals surface area contributed by atoms with Crippen molar-refractivity contribution in [3.05, 3.63) is 90.0 Å². The highest BCUT2D eigenvalue weighted by Gasteiger charge is 2.55. The van der Waals surface area contributed by atoms with E-state index in [2.05, 4.69) is 10.3 Å². The maximum atomic E-state index is 13.4. The van der Waals surface area contributed by atoms with Crippen molar-refractivity contribution in [2.45, 2.75) is 12.1 Å². The summed E-state index contributed by atoms with van der Waals surface area (Å²) in [6.07, 6.45) is 0. The summed E-state index contributed by atoms with van der Waals surface area (Å²) < 4.78 is 0. The number of fused-ring (bicyclic) bond motifs is 1. The summed E-state index contributed by atoms with van der Waals surface area (Å²) in [4.78, 5) is 42.1. The molecule has 0 spiro atoms. The zero-order chi connectivity index (χ0) is 22.9. The number of hydrogen-bond donors (Lipinski definition) is 0. The van der Waals surface area contributed by atoms with E-state index < -0.39 is 23.9 Å². The maximum Gasteiger partial charge on any atom is 0.263 e. The lowest BCUT2D eigenvalue weighted by atomic mass is 10.1. The first kappa shape index (κ1) is 20.8. The van der Waals surface area contributed by atoms with E-state index in [1.807, 2.05) is 60.7 Å². The lowest BCUT2D eigenvalue weighted by molar-refractivity contribution is -0.124. The first-order valence-corrected chi connectivity index (χ1v) is 10.7. The smallest absolute Gasteiger partial charge is 0.263 e. The van der Waals surface area contributed by atoms with Gasteiger partial charge >= 0.3 is 0 Å². The van der Waals surface area contributed by atoms with Crippen LogP contribution in [-0.4, -0.2) is 41.4 Å². The fraction of sp³-hybridized carbons (Fsp3) is 0.125. The summed E-state index contributed by atoms with van der Waals surface area (Å²) in [7, 11) is 0. The van der Waals surface area contributed by atoms with Crippen LogP contribution in [-0.2, 0) is 14.4 Å². The van der Waals surface area contributed by atoms with Gasteiger partial charge in [-0.3, -0.25) is 24.3 Å². The van der Waals surface area contributed by atoms with Crippen LogP contribution >= 0.6 is 11.6 Å². The molecule has 2 atom stereocenters. The standard InChI is InChI=1S/C24H18ClN5O3/c25-16-11-13-19(14-12-16)30-23(32)21-22(24(30)33)28(27-26-21)15-20(31)29(17-7-3-1-4-8-17)18-9-5-2-6-10-18/h1-14,21-22H,15H2/t21-,22+/m0/s1. The fourth-order valence-corrected chi connectivity index (χ4v) is 4.12. The van der Waals surface area contributed by atoms with E-state index in [0.29, 0.717) is 22.1 Å². The molecule has 1 fully saturated rings. The summed E-state index contributed by atoms with van der Waals surface area (Å²) in [5.74, 6) is -1.26. The Labute approximate surface area is 194 Å². The average molecular weight is 460 g/mol. The van der Waals surface area contributed by atoms with Crippen LogP contribution in [0.3, 0.4) is 0 Å². The quantitative estimate of drug-likeness (QED) is 0.540. The van der Waals surface area contributed by atoms with Crippen molar-refractivity contribution < 1.29 is 14.4 Å². The first-order chi connectivity index (χ1) is 16.0. The molecule has 5 rings (SSSR count). The minimum Gasteiger partial charge on any atom is -0.279 e. The number of para-hydroxylation sites is 2. The van der Waals surface area contributed by atoms with Gasteiger partial charge in [0, 0.05) is 16.4 Å². The van der Waals surface area contributed by atoms with Gasteiger partial charge in [0.2, 0.25) is 0 Å². The van der Waals surface area contributed by atoms with Crippen molar-refractivity contribution in [1.29, 1.82) is 0 Å². The molecule has 1 saturated heterocycles. The van der Waals surface area contributed by atoms with Gasteiger partial charge in [0.05, 0.1) is 5.69 Å². The van der Waals surface area contributed by atoms with E-state index in [1.54, 1.807) is 29.2 Å². The second-order valence-electron chi connectivity index (χ2n) is 7.58. The minimum absolute atomic E-state index is 0.220. The van der Waals surface area contributed by atoms with Gasteiger partial charge in [-0.25, -0.2) is 4.90 Å². The number of nitrogens with zero attached hydrogens (tertiary/aromatic N) is 5. The van der Waals surface area contributed by atoms with Crippen LogP contribution in [0, 0.1) is 0 Å². The average Bonchev–Trinajstić information content (AvgIpc) is 3.35. The molecule has 3 aromatic carbocycles. The summed E-state index contributed by atoms with van der Waals surface area (Å²) in [5.41, 5.74) is 1.76. The Morgan fingerprint density at radius 3 is 2.00 bits per heavy atom. The molecule has 0 radical (unpaired) electrons. The SMILES string of the molecule is O=C1[C@H]2N=NN(CC(=O)N(c3ccccc3)c3ccccc3)[C@H]2C(=O)N1c1ccc(Cl)cc1. The van der Waals surface area contributed by atoms with E-state index >= 15 is 0 Å². The van der Waals surface area contributed by atoms with Crippen LogP contribution in [0.5, 0.6) is 0 Å². The van der Waals surface area contributed by atoms with Crippen LogP contribution in [0.25, 0.3) is 0 Å². The number of amides is 3. The second kappa shape index (κ2) is 8.48. The molecule has 0 bridgehead atoms. The molecule has 3 amide bonds. The van der Waals surface area contributed by atoms with E-state index in [9.17, 15) is 14.4 Å². The van der Waals surface area contributed by atoms with Crippen LogP contribution in [0.4, 0.5) is 17.1 Å². The summed E-state index contributed by atoms with van der Waals surface area (Å²) in [6.45, 7) is -0.220. The van der Waals surface area contributed by atoms with Crippen molar-refractivity contribution >= 4 is 46.4 Å². The molecule has 2 aliphatic heterocycles. The largest absolute Gasteiger partial charge is 0.279 e. The molecule has 0 aromatic heterocycles. The molecule has 0 aliphatic carbocycles. The molecule has 8 nitrogen and oxygen atoms in total. The highest BCUT2D eigenvalue weighted by atomic mass is 35.5. The number of hydrogen-bond acceptors (Lipinski definition) is 6. The number of carbonyl (C=O) groups is 3. The number of anilines is 3. The van der Waals surface area contributed by atoms with Crippen molar-refractivity contribution in [3.8, 4) is 0 Å². The summed E-state index contributed by atoms with van der Waals surface area (Å²) in [5, 5.41) is 9.78. The Morgan fingerprint density at radius 2 is 1.42 bits per heavy atom. The highest BCUT2D eigenvalue weighted by Crippen LogP contribution is 2.33. The van der Waals surface area contributed by atoms with Crippen molar-refractivity contribution in [1.82, 2.24) is 5.01 Å². The molecule has 164 valence electrons. The molecule has 0 saturated carbocycles. The monoisotopic (exact) mass is 459 g/mol. The number of imide groups is 1. The van der Waals surface area contributed by atoms with Crippen molar-refractivity contribution in [2.75, 3.05) is 16.3 Å².